The molecule has 2 aromatic carbocycles. The van der Waals surface area contributed by atoms with Crippen molar-refractivity contribution in [3.8, 4) is 16.2 Å². The molecule has 1 saturated heterocycles. The Kier molecular flexibility index (Phi) is 8.96. The van der Waals surface area contributed by atoms with E-state index in [2.05, 4.69) is 59.2 Å². The summed E-state index contributed by atoms with van der Waals surface area (Å²) in [7, 11) is 1.97. The summed E-state index contributed by atoms with van der Waals surface area (Å²) in [5.74, 6) is 0.971. The van der Waals surface area contributed by atoms with Gasteiger partial charge in [-0.1, -0.05) is 0 Å². The van der Waals surface area contributed by atoms with Gasteiger partial charge in [-0.05, 0) is 0 Å². The Morgan fingerprint density at radius 2 is 1.97 bits per heavy atom. The molecule has 3 aromatic rings. The quantitative estimate of drug-likeness (QED) is 0.140. The van der Waals surface area contributed by atoms with Gasteiger partial charge in [0, 0.05) is 0 Å². The number of aryl methyl sites for hydroxylation is 1. The van der Waals surface area contributed by atoms with Crippen LogP contribution in [-0.4, -0.2) is 45.9 Å². The van der Waals surface area contributed by atoms with E-state index in [0.29, 0.717) is 10.4 Å². The summed E-state index contributed by atoms with van der Waals surface area (Å²) in [6, 6.07) is 17.4. The molecule has 0 unspecified atom stereocenters. The van der Waals surface area contributed by atoms with Crippen LogP contribution in [0.25, 0.3) is 20.5 Å². The third kappa shape index (κ3) is 6.31. The van der Waals surface area contributed by atoms with Crippen molar-refractivity contribution in [1.29, 1.82) is 0 Å². The standard InChI is InChI=1S/C26H33IN2O2S/c1-28-14-5-17-31-23-11-10-22(25-19-21-6-2-3-8-24(21)32-25)18-20(23)7-4-9-26(30)27-12-15-29-16-13-27/h2-3,6,8,10-11,18-19,28-29H,4-5,7,9,12-17H2,1H3. The molecule has 32 heavy (non-hydrogen) atoms. The van der Waals surface area contributed by atoms with Crippen molar-refractivity contribution in [1.82, 2.24) is 10.6 Å². The van der Waals surface area contributed by atoms with Crippen molar-refractivity contribution < 1.29 is 9.53 Å². The second kappa shape index (κ2) is 12.1. The zero-order valence-electron chi connectivity index (χ0n) is 18.8. The van der Waals surface area contributed by atoms with Crippen LogP contribution in [0.3, 0.4) is 0 Å². The fraction of sp³-hybridized carbons (Fsp3) is 0.423. The maximum atomic E-state index is 12.7. The average molecular weight is 565 g/mol. The van der Waals surface area contributed by atoms with E-state index < -0.39 is 19.8 Å². The predicted molar refractivity (Wildman–Crippen MR) is 146 cm³/mol. The molecule has 0 radical (unpaired) electrons. The number of hydrogen-bond acceptors (Lipinski definition) is 5. The van der Waals surface area contributed by atoms with Gasteiger partial charge in [-0.15, -0.1) is 0 Å². The minimum absolute atomic E-state index is 0.591. The van der Waals surface area contributed by atoms with Crippen molar-refractivity contribution in [3.63, 3.8) is 0 Å². The number of rotatable bonds is 11. The SMILES string of the molecule is CNCCCOc1ccc(-c2cc3ccccc3s2)cc1CCCC(=O)I1CCNCC1. The number of carbonyl (C=O) groups excluding carboxylic acids is 1. The number of nitrogens with one attached hydrogen (secondary N) is 2. The first kappa shape index (κ1) is 23.7. The molecule has 1 aliphatic rings. The molecular formula is C26H33IN2O2S. The second-order valence-electron chi connectivity index (χ2n) is 8.07. The molecule has 0 aliphatic carbocycles. The summed E-state index contributed by atoms with van der Waals surface area (Å²) in [5.41, 5.74) is 2.47. The number of thiophene rings is 1. The van der Waals surface area contributed by atoms with Gasteiger partial charge in [0.2, 0.25) is 0 Å². The second-order valence-corrected chi connectivity index (χ2v) is 15.1. The van der Waals surface area contributed by atoms with Crippen LogP contribution < -0.4 is 15.4 Å². The molecule has 172 valence electrons. The molecule has 0 amide bonds. The zero-order chi connectivity index (χ0) is 22.2. The molecule has 2 heterocycles. The molecule has 2 N–H and O–H groups in total. The Morgan fingerprint density at radius 1 is 1.12 bits per heavy atom. The number of fused-ring (bicyclic) bond motifs is 1. The van der Waals surface area contributed by atoms with Crippen molar-refractivity contribution in [2.24, 2.45) is 0 Å². The summed E-state index contributed by atoms with van der Waals surface area (Å²) in [5, 5.41) is 7.85. The maximum absolute atomic E-state index is 12.7. The van der Waals surface area contributed by atoms with E-state index in [1.807, 2.05) is 18.4 Å². The molecule has 6 heteroatoms. The minimum atomic E-state index is -1.38. The van der Waals surface area contributed by atoms with Crippen LogP contribution in [-0.2, 0) is 11.2 Å². The van der Waals surface area contributed by atoms with E-state index in [9.17, 15) is 4.79 Å². The van der Waals surface area contributed by atoms with Crippen molar-refractivity contribution in [3.05, 3.63) is 54.1 Å². The molecule has 1 fully saturated rings. The van der Waals surface area contributed by atoms with Gasteiger partial charge in [0.25, 0.3) is 0 Å². The van der Waals surface area contributed by atoms with Crippen LogP contribution in [0.4, 0.5) is 0 Å². The van der Waals surface area contributed by atoms with E-state index >= 15 is 0 Å². The molecule has 0 atom stereocenters. The Hall–Kier alpha value is -1.48. The Balaban J connectivity index is 1.47. The number of benzene rings is 2. The van der Waals surface area contributed by atoms with E-state index in [4.69, 9.17) is 4.74 Å². The summed E-state index contributed by atoms with van der Waals surface area (Å²) >= 11 is 0.450. The van der Waals surface area contributed by atoms with Crippen LogP contribution >= 0.6 is 31.2 Å². The first-order valence-electron chi connectivity index (χ1n) is 11.5. The Morgan fingerprint density at radius 3 is 2.78 bits per heavy atom. The Bertz CT molecular complexity index is 997. The molecule has 0 bridgehead atoms. The normalized spacial score (nSPS) is 15.2. The molecule has 1 aliphatic heterocycles. The first-order chi connectivity index (χ1) is 15.7. The molecule has 4 rings (SSSR count). The predicted octanol–water partition coefficient (Wildman–Crippen LogP) is 5.52. The number of hydrogen-bond donors (Lipinski definition) is 2. The van der Waals surface area contributed by atoms with Crippen LogP contribution in [0.5, 0.6) is 5.75 Å². The van der Waals surface area contributed by atoms with Gasteiger partial charge in [0.1, 0.15) is 0 Å². The van der Waals surface area contributed by atoms with Gasteiger partial charge >= 0.3 is 203 Å². The molecule has 4 nitrogen and oxygen atoms in total. The van der Waals surface area contributed by atoms with Gasteiger partial charge in [0.05, 0.1) is 0 Å². The molecule has 0 spiro atoms. The van der Waals surface area contributed by atoms with E-state index in [-0.39, 0.29) is 0 Å². The number of ether oxygens (including phenoxy) is 1. The van der Waals surface area contributed by atoms with E-state index in [1.54, 1.807) is 0 Å². The fourth-order valence-electron chi connectivity index (χ4n) is 3.97. The molecular weight excluding hydrogens is 531 g/mol. The summed E-state index contributed by atoms with van der Waals surface area (Å²) in [4.78, 5) is 14.0. The van der Waals surface area contributed by atoms with Gasteiger partial charge in [-0.3, -0.25) is 0 Å². The topological polar surface area (TPSA) is 50.4 Å². The van der Waals surface area contributed by atoms with Crippen LogP contribution in [0, 0.1) is 0 Å². The average Bonchev–Trinajstić information content (AvgIpc) is 3.27. The van der Waals surface area contributed by atoms with Gasteiger partial charge in [-0.25, -0.2) is 0 Å². The van der Waals surface area contributed by atoms with E-state index in [0.717, 1.165) is 59.9 Å². The summed E-state index contributed by atoms with van der Waals surface area (Å²) < 4.78 is 10.3. The van der Waals surface area contributed by atoms with Crippen molar-refractivity contribution in [2.45, 2.75) is 25.7 Å². The van der Waals surface area contributed by atoms with Crippen LogP contribution in [0.1, 0.15) is 24.8 Å². The molecule has 0 saturated carbocycles. The Labute approximate surface area is 202 Å². The van der Waals surface area contributed by atoms with Crippen LogP contribution in [0.2, 0.25) is 0 Å². The fourth-order valence-corrected chi connectivity index (χ4v) is 9.98. The van der Waals surface area contributed by atoms with E-state index in [1.165, 1.54) is 26.1 Å². The zero-order valence-corrected chi connectivity index (χ0v) is 21.8. The third-order valence-electron chi connectivity index (χ3n) is 5.72. The first-order valence-corrected chi connectivity index (χ1v) is 16.4. The van der Waals surface area contributed by atoms with Crippen molar-refractivity contribution >= 4 is 45.0 Å². The van der Waals surface area contributed by atoms with Crippen LogP contribution in [0.15, 0.2) is 48.5 Å². The third-order valence-corrected chi connectivity index (χ3v) is 12.8. The van der Waals surface area contributed by atoms with Gasteiger partial charge < -0.3 is 0 Å². The summed E-state index contributed by atoms with van der Waals surface area (Å²) in [6.07, 6.45) is 3.53. The number of carbonyl (C=O) groups is 1. The summed E-state index contributed by atoms with van der Waals surface area (Å²) in [6.45, 7) is 3.74. The number of halogens is 1. The number of alkyl halides is 2. The van der Waals surface area contributed by atoms with Crippen molar-refractivity contribution in [2.75, 3.05) is 42.1 Å². The monoisotopic (exact) mass is 564 g/mol. The molecule has 1 aromatic heterocycles. The van der Waals surface area contributed by atoms with Gasteiger partial charge in [0.15, 0.2) is 0 Å². The van der Waals surface area contributed by atoms with Gasteiger partial charge in [-0.2, -0.15) is 0 Å².